The van der Waals surface area contributed by atoms with Crippen LogP contribution in [-0.4, -0.2) is 5.11 Å². The standard InChI is InChI=1S/C9H7NO/c10-7-3-5-8-4-1-2-6-9(8)11/h1-6,11H/b5-3-. The number of rotatable bonds is 1. The zero-order chi connectivity index (χ0) is 8.10. The SMILES string of the molecule is N#C/C=C\c1ccccc1O. The summed E-state index contributed by atoms with van der Waals surface area (Å²) in [6.07, 6.45) is 2.89. The summed E-state index contributed by atoms with van der Waals surface area (Å²) >= 11 is 0. The molecule has 0 saturated carbocycles. The van der Waals surface area contributed by atoms with Crippen LogP contribution in [-0.2, 0) is 0 Å². The predicted molar refractivity (Wildman–Crippen MR) is 42.8 cm³/mol. The normalized spacial score (nSPS) is 9.73. The molecule has 1 rings (SSSR count). The zero-order valence-electron chi connectivity index (χ0n) is 5.86. The largest absolute Gasteiger partial charge is 0.507 e. The molecule has 11 heavy (non-hydrogen) atoms. The Balaban J connectivity index is 2.97. The third-order valence-electron chi connectivity index (χ3n) is 1.27. The zero-order valence-corrected chi connectivity index (χ0v) is 5.86. The topological polar surface area (TPSA) is 44.0 Å². The number of para-hydroxylation sites is 1. The molecule has 0 aromatic heterocycles. The molecule has 0 unspecified atom stereocenters. The van der Waals surface area contributed by atoms with Crippen molar-refractivity contribution in [3.63, 3.8) is 0 Å². The van der Waals surface area contributed by atoms with Crippen LogP contribution < -0.4 is 0 Å². The van der Waals surface area contributed by atoms with E-state index < -0.39 is 0 Å². The molecule has 0 bridgehead atoms. The first-order valence-electron chi connectivity index (χ1n) is 3.19. The van der Waals surface area contributed by atoms with Crippen LogP contribution in [0.2, 0.25) is 0 Å². The molecular formula is C9H7NO. The molecule has 0 aliphatic heterocycles. The van der Waals surface area contributed by atoms with E-state index in [-0.39, 0.29) is 5.75 Å². The number of hydrogen-bond acceptors (Lipinski definition) is 2. The van der Waals surface area contributed by atoms with Crippen molar-refractivity contribution in [3.8, 4) is 11.8 Å². The van der Waals surface area contributed by atoms with Gasteiger partial charge in [0, 0.05) is 11.6 Å². The van der Waals surface area contributed by atoms with E-state index in [0.717, 1.165) is 0 Å². The summed E-state index contributed by atoms with van der Waals surface area (Å²) in [5, 5.41) is 17.4. The van der Waals surface area contributed by atoms with Crippen LogP contribution in [0.3, 0.4) is 0 Å². The Morgan fingerprint density at radius 2 is 2.09 bits per heavy atom. The Morgan fingerprint density at radius 1 is 1.36 bits per heavy atom. The van der Waals surface area contributed by atoms with Crippen LogP contribution in [0.5, 0.6) is 5.75 Å². The van der Waals surface area contributed by atoms with Gasteiger partial charge in [-0.25, -0.2) is 0 Å². The lowest BCUT2D eigenvalue weighted by molar-refractivity contribution is 0.474. The van der Waals surface area contributed by atoms with E-state index in [0.29, 0.717) is 5.56 Å². The first-order valence-corrected chi connectivity index (χ1v) is 3.19. The number of phenolic OH excluding ortho intramolecular Hbond substituents is 1. The number of hydrogen-bond donors (Lipinski definition) is 1. The van der Waals surface area contributed by atoms with Gasteiger partial charge in [-0.05, 0) is 12.1 Å². The molecule has 0 saturated heterocycles. The summed E-state index contributed by atoms with van der Waals surface area (Å²) in [5.41, 5.74) is 0.661. The van der Waals surface area contributed by atoms with Crippen LogP contribution in [0.15, 0.2) is 30.3 Å². The molecule has 0 aliphatic rings. The second-order valence-electron chi connectivity index (χ2n) is 2.02. The first kappa shape index (κ1) is 7.36. The maximum atomic E-state index is 9.18. The van der Waals surface area contributed by atoms with Crippen LogP contribution in [0, 0.1) is 11.3 Å². The number of allylic oxidation sites excluding steroid dienone is 1. The van der Waals surface area contributed by atoms with Gasteiger partial charge in [0.15, 0.2) is 0 Å². The van der Waals surface area contributed by atoms with Crippen molar-refractivity contribution in [2.45, 2.75) is 0 Å². The third kappa shape index (κ3) is 1.84. The average molecular weight is 145 g/mol. The maximum absolute atomic E-state index is 9.18. The fourth-order valence-electron chi connectivity index (χ4n) is 0.756. The molecule has 1 N–H and O–H groups in total. The smallest absolute Gasteiger partial charge is 0.122 e. The van der Waals surface area contributed by atoms with E-state index in [1.165, 1.54) is 6.08 Å². The first-order chi connectivity index (χ1) is 5.34. The molecular weight excluding hydrogens is 138 g/mol. The van der Waals surface area contributed by atoms with E-state index in [1.807, 2.05) is 6.07 Å². The number of nitriles is 1. The number of nitrogens with zero attached hydrogens (tertiary/aromatic N) is 1. The highest BCUT2D eigenvalue weighted by atomic mass is 16.3. The number of benzene rings is 1. The summed E-state index contributed by atoms with van der Waals surface area (Å²) in [7, 11) is 0. The molecule has 0 fully saturated rings. The quantitative estimate of drug-likeness (QED) is 0.613. The predicted octanol–water partition coefficient (Wildman–Crippen LogP) is 1.93. The second-order valence-corrected chi connectivity index (χ2v) is 2.02. The van der Waals surface area contributed by atoms with Crippen molar-refractivity contribution < 1.29 is 5.11 Å². The van der Waals surface area contributed by atoms with Crippen LogP contribution in [0.25, 0.3) is 6.08 Å². The van der Waals surface area contributed by atoms with Crippen molar-refractivity contribution >= 4 is 6.08 Å². The Bertz CT molecular complexity index is 310. The molecule has 0 spiro atoms. The van der Waals surface area contributed by atoms with Crippen LogP contribution in [0.1, 0.15) is 5.56 Å². The molecule has 0 heterocycles. The van der Waals surface area contributed by atoms with Crippen molar-refractivity contribution in [1.29, 1.82) is 5.26 Å². The van der Waals surface area contributed by atoms with Crippen molar-refractivity contribution in [3.05, 3.63) is 35.9 Å². The lowest BCUT2D eigenvalue weighted by Crippen LogP contribution is -1.71. The Morgan fingerprint density at radius 3 is 2.73 bits per heavy atom. The fraction of sp³-hybridized carbons (Fsp3) is 0. The monoisotopic (exact) mass is 145 g/mol. The molecule has 1 aromatic rings. The molecule has 2 heteroatoms. The second kappa shape index (κ2) is 3.43. The minimum Gasteiger partial charge on any atom is -0.507 e. The lowest BCUT2D eigenvalue weighted by Gasteiger charge is -1.94. The van der Waals surface area contributed by atoms with Gasteiger partial charge in [0.25, 0.3) is 0 Å². The van der Waals surface area contributed by atoms with Gasteiger partial charge in [-0.3, -0.25) is 0 Å². The van der Waals surface area contributed by atoms with Crippen LogP contribution >= 0.6 is 0 Å². The van der Waals surface area contributed by atoms with E-state index in [4.69, 9.17) is 5.26 Å². The van der Waals surface area contributed by atoms with E-state index >= 15 is 0 Å². The van der Waals surface area contributed by atoms with Gasteiger partial charge in [-0.15, -0.1) is 0 Å². The highest BCUT2D eigenvalue weighted by Gasteiger charge is 1.91. The minimum atomic E-state index is 0.194. The highest BCUT2D eigenvalue weighted by molar-refractivity contribution is 5.58. The van der Waals surface area contributed by atoms with Crippen LogP contribution in [0.4, 0.5) is 0 Å². The molecule has 0 amide bonds. The minimum absolute atomic E-state index is 0.194. The molecule has 0 aliphatic carbocycles. The summed E-state index contributed by atoms with van der Waals surface area (Å²) in [6.45, 7) is 0. The maximum Gasteiger partial charge on any atom is 0.122 e. The summed E-state index contributed by atoms with van der Waals surface area (Å²) < 4.78 is 0. The van der Waals surface area contributed by atoms with Gasteiger partial charge in [0.1, 0.15) is 5.75 Å². The van der Waals surface area contributed by atoms with Gasteiger partial charge in [-0.2, -0.15) is 5.26 Å². The Labute approximate surface area is 65.0 Å². The molecule has 0 radical (unpaired) electrons. The number of phenols is 1. The van der Waals surface area contributed by atoms with Crippen molar-refractivity contribution in [2.24, 2.45) is 0 Å². The lowest BCUT2D eigenvalue weighted by atomic mass is 10.2. The number of aromatic hydroxyl groups is 1. The van der Waals surface area contributed by atoms with Gasteiger partial charge in [0.05, 0.1) is 6.07 Å². The summed E-state index contributed by atoms with van der Waals surface area (Å²) in [4.78, 5) is 0. The Hall–Kier alpha value is -1.75. The van der Waals surface area contributed by atoms with E-state index in [9.17, 15) is 5.11 Å². The average Bonchev–Trinajstić information content (AvgIpc) is 2.03. The molecule has 1 aromatic carbocycles. The van der Waals surface area contributed by atoms with Crippen molar-refractivity contribution in [1.82, 2.24) is 0 Å². The summed E-state index contributed by atoms with van der Waals surface area (Å²) in [5.74, 6) is 0.194. The van der Waals surface area contributed by atoms with E-state index in [2.05, 4.69) is 0 Å². The third-order valence-corrected chi connectivity index (χ3v) is 1.27. The van der Waals surface area contributed by atoms with Gasteiger partial charge < -0.3 is 5.11 Å². The summed E-state index contributed by atoms with van der Waals surface area (Å²) in [6, 6.07) is 8.71. The molecule has 0 atom stereocenters. The van der Waals surface area contributed by atoms with Crippen molar-refractivity contribution in [2.75, 3.05) is 0 Å². The van der Waals surface area contributed by atoms with Gasteiger partial charge in [0.2, 0.25) is 0 Å². The fourth-order valence-corrected chi connectivity index (χ4v) is 0.756. The van der Waals surface area contributed by atoms with Gasteiger partial charge in [-0.1, -0.05) is 18.2 Å². The van der Waals surface area contributed by atoms with Gasteiger partial charge >= 0.3 is 0 Å². The molecule has 54 valence electrons. The highest BCUT2D eigenvalue weighted by Crippen LogP contribution is 2.16. The Kier molecular flexibility index (Phi) is 2.29. The molecule has 2 nitrogen and oxygen atoms in total. The van der Waals surface area contributed by atoms with E-state index in [1.54, 1.807) is 30.3 Å².